The highest BCUT2D eigenvalue weighted by molar-refractivity contribution is 5.66. The van der Waals surface area contributed by atoms with E-state index in [0.717, 1.165) is 42.5 Å². The highest BCUT2D eigenvalue weighted by Crippen LogP contribution is 2.21. The Hall–Kier alpha value is -3.23. The SMILES string of the molecule is Cc1nc(N2CCCn3nc(CCC(=O)O)cc3C2)cc(-n2cccn2)n1. The molecule has 3 aromatic heterocycles. The van der Waals surface area contributed by atoms with E-state index in [0.29, 0.717) is 18.8 Å². The molecule has 1 aliphatic rings. The molecule has 0 amide bonds. The van der Waals surface area contributed by atoms with Crippen molar-refractivity contribution in [3.05, 3.63) is 47.8 Å². The van der Waals surface area contributed by atoms with Crippen molar-refractivity contribution in [3.8, 4) is 5.82 Å². The van der Waals surface area contributed by atoms with Crippen molar-refractivity contribution in [2.24, 2.45) is 0 Å². The van der Waals surface area contributed by atoms with Crippen LogP contribution in [0.2, 0.25) is 0 Å². The van der Waals surface area contributed by atoms with Crippen LogP contribution in [0.1, 0.15) is 30.1 Å². The van der Waals surface area contributed by atoms with Gasteiger partial charge in [-0.05, 0) is 25.5 Å². The molecule has 0 fully saturated rings. The van der Waals surface area contributed by atoms with Gasteiger partial charge in [0.15, 0.2) is 5.82 Å². The first-order valence-electron chi connectivity index (χ1n) is 8.96. The van der Waals surface area contributed by atoms with E-state index in [4.69, 9.17) is 5.11 Å². The van der Waals surface area contributed by atoms with Gasteiger partial charge in [-0.3, -0.25) is 9.48 Å². The molecule has 9 nitrogen and oxygen atoms in total. The minimum absolute atomic E-state index is 0.0957. The second-order valence-electron chi connectivity index (χ2n) is 6.60. The van der Waals surface area contributed by atoms with Gasteiger partial charge in [0.25, 0.3) is 0 Å². The summed E-state index contributed by atoms with van der Waals surface area (Å²) in [5, 5.41) is 17.7. The number of rotatable bonds is 5. The summed E-state index contributed by atoms with van der Waals surface area (Å²) in [7, 11) is 0. The van der Waals surface area contributed by atoms with Crippen LogP contribution in [-0.2, 0) is 24.3 Å². The van der Waals surface area contributed by atoms with Gasteiger partial charge in [-0.1, -0.05) is 0 Å². The zero-order valence-electron chi connectivity index (χ0n) is 15.1. The number of hydrogen-bond acceptors (Lipinski definition) is 6. The minimum Gasteiger partial charge on any atom is -0.481 e. The fourth-order valence-corrected chi connectivity index (χ4v) is 3.29. The maximum atomic E-state index is 10.8. The van der Waals surface area contributed by atoms with Crippen molar-refractivity contribution in [1.82, 2.24) is 29.5 Å². The summed E-state index contributed by atoms with van der Waals surface area (Å²) >= 11 is 0. The highest BCUT2D eigenvalue weighted by Gasteiger charge is 2.19. The second-order valence-corrected chi connectivity index (χ2v) is 6.60. The standard InChI is InChI=1S/C18H21N7O2/c1-13-20-16(11-17(21-13)25-8-2-6-19-25)23-7-3-9-24-15(12-23)10-14(22-24)4-5-18(26)27/h2,6,8,10-11H,3-5,7,9,12H2,1H3,(H,26,27). The van der Waals surface area contributed by atoms with Crippen molar-refractivity contribution in [2.75, 3.05) is 11.4 Å². The molecule has 3 aromatic rings. The van der Waals surface area contributed by atoms with Gasteiger partial charge in [-0.25, -0.2) is 14.6 Å². The lowest BCUT2D eigenvalue weighted by Gasteiger charge is -2.21. The Labute approximate surface area is 156 Å². The Morgan fingerprint density at radius 3 is 2.85 bits per heavy atom. The van der Waals surface area contributed by atoms with E-state index in [1.807, 2.05) is 36.0 Å². The molecule has 9 heteroatoms. The maximum Gasteiger partial charge on any atom is 0.303 e. The highest BCUT2D eigenvalue weighted by atomic mass is 16.4. The summed E-state index contributed by atoms with van der Waals surface area (Å²) in [4.78, 5) is 22.1. The number of hydrogen-bond donors (Lipinski definition) is 1. The van der Waals surface area contributed by atoms with E-state index in [1.54, 1.807) is 10.9 Å². The summed E-state index contributed by atoms with van der Waals surface area (Å²) in [6, 6.07) is 5.81. The predicted octanol–water partition coefficient (Wildman–Crippen LogP) is 1.59. The molecule has 0 aromatic carbocycles. The molecule has 0 bridgehead atoms. The molecule has 0 atom stereocenters. The van der Waals surface area contributed by atoms with E-state index in [1.165, 1.54) is 0 Å². The molecule has 0 saturated carbocycles. The first-order chi connectivity index (χ1) is 13.1. The summed E-state index contributed by atoms with van der Waals surface area (Å²) < 4.78 is 3.71. The van der Waals surface area contributed by atoms with E-state index in [2.05, 4.69) is 25.1 Å². The molecule has 27 heavy (non-hydrogen) atoms. The molecule has 1 N–H and O–H groups in total. The first kappa shape index (κ1) is 17.2. The molecule has 0 aliphatic carbocycles. The van der Waals surface area contributed by atoms with Crippen LogP contribution in [0.3, 0.4) is 0 Å². The molecular weight excluding hydrogens is 346 g/mol. The van der Waals surface area contributed by atoms with Crippen LogP contribution < -0.4 is 4.90 Å². The number of aliphatic carboxylic acids is 1. The van der Waals surface area contributed by atoms with Gasteiger partial charge in [0.05, 0.1) is 24.4 Å². The smallest absolute Gasteiger partial charge is 0.303 e. The molecule has 4 heterocycles. The number of fused-ring (bicyclic) bond motifs is 1. The van der Waals surface area contributed by atoms with E-state index >= 15 is 0 Å². The zero-order chi connectivity index (χ0) is 18.8. The van der Waals surface area contributed by atoms with E-state index < -0.39 is 5.97 Å². The molecule has 0 radical (unpaired) electrons. The van der Waals surface area contributed by atoms with Crippen molar-refractivity contribution in [2.45, 2.75) is 39.3 Å². The average molecular weight is 367 g/mol. The van der Waals surface area contributed by atoms with Crippen LogP contribution in [0, 0.1) is 6.92 Å². The maximum absolute atomic E-state index is 10.8. The number of nitrogens with zero attached hydrogens (tertiary/aromatic N) is 7. The van der Waals surface area contributed by atoms with Crippen LogP contribution in [0.25, 0.3) is 5.82 Å². The molecule has 140 valence electrons. The minimum atomic E-state index is -0.803. The molecule has 0 unspecified atom stereocenters. The summed E-state index contributed by atoms with van der Waals surface area (Å²) in [6.07, 6.45) is 5.06. The van der Waals surface area contributed by atoms with Gasteiger partial charge in [0, 0.05) is 38.0 Å². The average Bonchev–Trinajstić information content (AvgIpc) is 3.25. The van der Waals surface area contributed by atoms with Crippen LogP contribution in [0.15, 0.2) is 30.6 Å². The molecule has 0 saturated heterocycles. The Morgan fingerprint density at radius 1 is 1.22 bits per heavy atom. The number of carboxylic acids is 1. The van der Waals surface area contributed by atoms with Crippen molar-refractivity contribution < 1.29 is 9.90 Å². The predicted molar refractivity (Wildman–Crippen MR) is 97.7 cm³/mol. The molecule has 4 rings (SSSR count). The van der Waals surface area contributed by atoms with Gasteiger partial charge in [0.2, 0.25) is 0 Å². The lowest BCUT2D eigenvalue weighted by Crippen LogP contribution is -2.24. The van der Waals surface area contributed by atoms with Crippen LogP contribution in [-0.4, -0.2) is 47.1 Å². The van der Waals surface area contributed by atoms with Gasteiger partial charge in [0.1, 0.15) is 11.6 Å². The fourth-order valence-electron chi connectivity index (χ4n) is 3.29. The number of carbonyl (C=O) groups is 1. The largest absolute Gasteiger partial charge is 0.481 e. The summed E-state index contributed by atoms with van der Waals surface area (Å²) in [5.41, 5.74) is 1.90. The third kappa shape index (κ3) is 3.81. The Balaban J connectivity index is 1.59. The Kier molecular flexibility index (Phi) is 4.57. The topological polar surface area (TPSA) is 102 Å². The van der Waals surface area contributed by atoms with Crippen molar-refractivity contribution in [3.63, 3.8) is 0 Å². The molecule has 1 aliphatic heterocycles. The zero-order valence-corrected chi connectivity index (χ0v) is 15.1. The lowest BCUT2D eigenvalue weighted by molar-refractivity contribution is -0.136. The molecule has 0 spiro atoms. The van der Waals surface area contributed by atoms with Crippen LogP contribution >= 0.6 is 0 Å². The number of anilines is 1. The number of aryl methyl sites for hydroxylation is 3. The van der Waals surface area contributed by atoms with Crippen molar-refractivity contribution in [1.29, 1.82) is 0 Å². The third-order valence-corrected chi connectivity index (χ3v) is 4.53. The lowest BCUT2D eigenvalue weighted by atomic mass is 10.2. The summed E-state index contributed by atoms with van der Waals surface area (Å²) in [6.45, 7) is 4.23. The van der Waals surface area contributed by atoms with Crippen LogP contribution in [0.4, 0.5) is 5.82 Å². The van der Waals surface area contributed by atoms with Crippen LogP contribution in [0.5, 0.6) is 0 Å². The second kappa shape index (κ2) is 7.18. The van der Waals surface area contributed by atoms with Gasteiger partial charge in [-0.15, -0.1) is 0 Å². The Bertz CT molecular complexity index is 949. The van der Waals surface area contributed by atoms with Gasteiger partial charge < -0.3 is 10.0 Å². The first-order valence-corrected chi connectivity index (χ1v) is 8.96. The van der Waals surface area contributed by atoms with Crippen molar-refractivity contribution >= 4 is 11.8 Å². The number of carboxylic acid groups (broad SMARTS) is 1. The van der Waals surface area contributed by atoms with Gasteiger partial charge >= 0.3 is 5.97 Å². The normalized spacial score (nSPS) is 14.0. The quantitative estimate of drug-likeness (QED) is 0.730. The van der Waals surface area contributed by atoms with E-state index in [-0.39, 0.29) is 6.42 Å². The summed E-state index contributed by atoms with van der Waals surface area (Å²) in [5.74, 6) is 1.48. The Morgan fingerprint density at radius 2 is 2.07 bits per heavy atom. The van der Waals surface area contributed by atoms with E-state index in [9.17, 15) is 4.79 Å². The number of aromatic nitrogens is 6. The third-order valence-electron chi connectivity index (χ3n) is 4.53. The molecular formula is C18H21N7O2. The van der Waals surface area contributed by atoms with Gasteiger partial charge in [-0.2, -0.15) is 10.2 Å². The monoisotopic (exact) mass is 367 g/mol. The fraction of sp³-hybridized carbons (Fsp3) is 0.389.